The van der Waals surface area contributed by atoms with Crippen molar-refractivity contribution < 1.29 is 18.0 Å². The SMILES string of the molecule is CC(=O)N(C)c1nc(CSc2nnc(C(F)(F)F)n2C)cs1. The molecule has 0 saturated carbocycles. The van der Waals surface area contributed by atoms with E-state index in [1.54, 1.807) is 12.4 Å². The van der Waals surface area contributed by atoms with Crippen molar-refractivity contribution in [1.82, 2.24) is 19.7 Å². The van der Waals surface area contributed by atoms with Crippen molar-refractivity contribution in [1.29, 1.82) is 0 Å². The summed E-state index contributed by atoms with van der Waals surface area (Å²) < 4.78 is 38.7. The van der Waals surface area contributed by atoms with Gasteiger partial charge in [-0.1, -0.05) is 11.8 Å². The number of carbonyl (C=O) groups is 1. The fraction of sp³-hybridized carbons (Fsp3) is 0.455. The van der Waals surface area contributed by atoms with Crippen molar-refractivity contribution in [2.24, 2.45) is 7.05 Å². The van der Waals surface area contributed by atoms with Crippen LogP contribution in [0.15, 0.2) is 10.5 Å². The van der Waals surface area contributed by atoms with Gasteiger partial charge in [-0.15, -0.1) is 21.5 Å². The van der Waals surface area contributed by atoms with Crippen molar-refractivity contribution >= 4 is 34.1 Å². The molecule has 0 aromatic carbocycles. The minimum absolute atomic E-state index is 0.142. The number of alkyl halides is 3. The summed E-state index contributed by atoms with van der Waals surface area (Å²) in [4.78, 5) is 16.9. The van der Waals surface area contributed by atoms with Gasteiger partial charge < -0.3 is 4.57 Å². The number of aromatic nitrogens is 4. The molecule has 0 aliphatic rings. The highest BCUT2D eigenvalue weighted by Gasteiger charge is 2.37. The summed E-state index contributed by atoms with van der Waals surface area (Å²) in [7, 11) is 2.87. The van der Waals surface area contributed by atoms with Gasteiger partial charge in [0.2, 0.25) is 11.7 Å². The van der Waals surface area contributed by atoms with Crippen LogP contribution in [0.3, 0.4) is 0 Å². The number of halogens is 3. The Morgan fingerprint density at radius 2 is 2.14 bits per heavy atom. The Morgan fingerprint density at radius 1 is 1.45 bits per heavy atom. The van der Waals surface area contributed by atoms with Crippen molar-refractivity contribution in [3.05, 3.63) is 16.9 Å². The summed E-state index contributed by atoms with van der Waals surface area (Å²) in [5.41, 5.74) is 0.662. The summed E-state index contributed by atoms with van der Waals surface area (Å²) in [6.45, 7) is 1.42. The molecule has 6 nitrogen and oxygen atoms in total. The molecular weight excluding hydrogens is 339 g/mol. The number of thiazole rings is 1. The molecule has 0 saturated heterocycles. The van der Waals surface area contributed by atoms with Gasteiger partial charge in [0.25, 0.3) is 0 Å². The Bertz CT molecular complexity index is 682. The van der Waals surface area contributed by atoms with Crippen LogP contribution in [0.25, 0.3) is 0 Å². The van der Waals surface area contributed by atoms with E-state index in [9.17, 15) is 18.0 Å². The van der Waals surface area contributed by atoms with Crippen molar-refractivity contribution in [2.45, 2.75) is 24.0 Å². The van der Waals surface area contributed by atoms with E-state index in [1.807, 2.05) is 0 Å². The van der Waals surface area contributed by atoms with Gasteiger partial charge in [0.1, 0.15) is 0 Å². The van der Waals surface area contributed by atoms with Gasteiger partial charge in [-0.25, -0.2) is 4.98 Å². The number of hydrogen-bond acceptors (Lipinski definition) is 6. The van der Waals surface area contributed by atoms with E-state index in [4.69, 9.17) is 0 Å². The van der Waals surface area contributed by atoms with Crippen LogP contribution < -0.4 is 4.90 Å². The van der Waals surface area contributed by atoms with Crippen LogP contribution in [0.4, 0.5) is 18.3 Å². The molecule has 0 fully saturated rings. The predicted molar refractivity (Wildman–Crippen MR) is 76.8 cm³/mol. The molecule has 0 N–H and O–H groups in total. The molecular formula is C11H12F3N5OS2. The summed E-state index contributed by atoms with van der Waals surface area (Å²) >= 11 is 2.39. The van der Waals surface area contributed by atoms with Crippen molar-refractivity contribution in [2.75, 3.05) is 11.9 Å². The summed E-state index contributed by atoms with van der Waals surface area (Å²) in [5, 5.41) is 9.13. The molecule has 2 aromatic heterocycles. The lowest BCUT2D eigenvalue weighted by molar-refractivity contribution is -0.147. The number of carbonyl (C=O) groups excluding carboxylic acids is 1. The molecule has 22 heavy (non-hydrogen) atoms. The maximum absolute atomic E-state index is 12.6. The fourth-order valence-electron chi connectivity index (χ4n) is 1.48. The van der Waals surface area contributed by atoms with Crippen LogP contribution in [0.2, 0.25) is 0 Å². The van der Waals surface area contributed by atoms with Gasteiger partial charge >= 0.3 is 6.18 Å². The minimum Gasteiger partial charge on any atom is -0.302 e. The van der Waals surface area contributed by atoms with Crippen LogP contribution >= 0.6 is 23.1 Å². The molecule has 0 atom stereocenters. The number of rotatable bonds is 4. The van der Waals surface area contributed by atoms with Crippen LogP contribution in [0, 0.1) is 0 Å². The molecule has 1 amide bonds. The molecule has 0 aliphatic carbocycles. The van der Waals surface area contributed by atoms with Crippen molar-refractivity contribution in [3.8, 4) is 0 Å². The number of thioether (sulfide) groups is 1. The normalized spacial score (nSPS) is 11.7. The van der Waals surface area contributed by atoms with Crippen LogP contribution in [0.1, 0.15) is 18.4 Å². The monoisotopic (exact) mass is 351 g/mol. The lowest BCUT2D eigenvalue weighted by atomic mass is 10.6. The zero-order chi connectivity index (χ0) is 16.5. The van der Waals surface area contributed by atoms with E-state index in [0.29, 0.717) is 16.6 Å². The summed E-state index contributed by atoms with van der Waals surface area (Å²) in [5.74, 6) is -0.839. The summed E-state index contributed by atoms with van der Waals surface area (Å²) in [6.07, 6.45) is -4.53. The highest BCUT2D eigenvalue weighted by molar-refractivity contribution is 7.98. The number of hydrogen-bond donors (Lipinski definition) is 0. The minimum atomic E-state index is -4.53. The van der Waals surface area contributed by atoms with Crippen molar-refractivity contribution in [3.63, 3.8) is 0 Å². The second-order valence-electron chi connectivity index (χ2n) is 4.35. The standard InChI is InChI=1S/C11H12F3N5OS2/c1-6(20)18(2)9-15-7(4-21-9)5-22-10-17-16-8(19(10)3)11(12,13)14/h4H,5H2,1-3H3. The average Bonchev–Trinajstić information content (AvgIpc) is 3.01. The van der Waals surface area contributed by atoms with E-state index in [2.05, 4.69) is 15.2 Å². The highest BCUT2D eigenvalue weighted by Crippen LogP contribution is 2.31. The lowest BCUT2D eigenvalue weighted by Crippen LogP contribution is -2.22. The largest absolute Gasteiger partial charge is 0.451 e. The van der Waals surface area contributed by atoms with Gasteiger partial charge in [0, 0.05) is 32.2 Å². The Balaban J connectivity index is 2.05. The van der Waals surface area contributed by atoms with E-state index in [-0.39, 0.29) is 11.1 Å². The molecule has 120 valence electrons. The van der Waals surface area contributed by atoms with E-state index in [1.165, 1.54) is 30.2 Å². The van der Waals surface area contributed by atoms with Crippen LogP contribution in [-0.4, -0.2) is 32.7 Å². The first kappa shape index (κ1) is 16.7. The Labute approximate surface area is 132 Å². The van der Waals surface area contributed by atoms with Gasteiger partial charge in [0.05, 0.1) is 5.69 Å². The topological polar surface area (TPSA) is 63.9 Å². The van der Waals surface area contributed by atoms with E-state index >= 15 is 0 Å². The quantitative estimate of drug-likeness (QED) is 0.792. The van der Waals surface area contributed by atoms with E-state index < -0.39 is 12.0 Å². The molecule has 11 heteroatoms. The molecule has 0 aliphatic heterocycles. The van der Waals surface area contributed by atoms with Gasteiger partial charge in [-0.05, 0) is 0 Å². The lowest BCUT2D eigenvalue weighted by Gasteiger charge is -2.09. The zero-order valence-electron chi connectivity index (χ0n) is 11.9. The molecule has 2 rings (SSSR count). The van der Waals surface area contributed by atoms with Gasteiger partial charge in [-0.2, -0.15) is 13.2 Å². The maximum Gasteiger partial charge on any atom is 0.451 e. The first-order valence-electron chi connectivity index (χ1n) is 5.98. The number of amides is 1. The first-order valence-corrected chi connectivity index (χ1v) is 7.84. The third-order valence-corrected chi connectivity index (χ3v) is 4.76. The third kappa shape index (κ3) is 3.58. The predicted octanol–water partition coefficient (Wildman–Crippen LogP) is 2.57. The average molecular weight is 351 g/mol. The smallest absolute Gasteiger partial charge is 0.302 e. The van der Waals surface area contributed by atoms with Gasteiger partial charge in [0.15, 0.2) is 10.3 Å². The van der Waals surface area contributed by atoms with Gasteiger partial charge in [-0.3, -0.25) is 9.69 Å². The molecule has 0 unspecified atom stereocenters. The first-order chi connectivity index (χ1) is 10.2. The molecule has 0 spiro atoms. The molecule has 2 aromatic rings. The maximum atomic E-state index is 12.6. The molecule has 0 radical (unpaired) electrons. The fourth-order valence-corrected chi connectivity index (χ4v) is 3.22. The number of anilines is 1. The van der Waals surface area contributed by atoms with E-state index in [0.717, 1.165) is 16.3 Å². The second kappa shape index (κ2) is 6.24. The Kier molecular flexibility index (Phi) is 4.75. The highest BCUT2D eigenvalue weighted by atomic mass is 32.2. The van der Waals surface area contributed by atoms with Crippen LogP contribution in [-0.2, 0) is 23.8 Å². The number of nitrogens with zero attached hydrogens (tertiary/aromatic N) is 5. The summed E-state index contributed by atoms with van der Waals surface area (Å²) in [6, 6.07) is 0. The third-order valence-electron chi connectivity index (χ3n) is 2.74. The second-order valence-corrected chi connectivity index (χ2v) is 6.13. The zero-order valence-corrected chi connectivity index (χ0v) is 13.5. The molecule has 0 bridgehead atoms. The van der Waals surface area contributed by atoms with Crippen LogP contribution in [0.5, 0.6) is 0 Å². The Hall–Kier alpha value is -1.62. The Morgan fingerprint density at radius 3 is 2.68 bits per heavy atom. The molecule has 2 heterocycles.